The number of nitriles is 1. The van der Waals surface area contributed by atoms with Gasteiger partial charge < -0.3 is 10.6 Å². The molecule has 1 amide bonds. The number of carbonyl (C=O) groups excluding carboxylic acids is 1. The molecular formula is C13H17N3O. The fourth-order valence-electron chi connectivity index (χ4n) is 1.34. The van der Waals surface area contributed by atoms with Crippen LogP contribution >= 0.6 is 0 Å². The molecule has 0 aromatic heterocycles. The van der Waals surface area contributed by atoms with Crippen LogP contribution in [0.1, 0.15) is 25.8 Å². The second-order valence-corrected chi connectivity index (χ2v) is 3.89. The van der Waals surface area contributed by atoms with Crippen molar-refractivity contribution in [2.45, 2.75) is 26.3 Å². The van der Waals surface area contributed by atoms with Crippen LogP contribution in [-0.2, 0) is 4.79 Å². The highest BCUT2D eigenvalue weighted by atomic mass is 16.1. The van der Waals surface area contributed by atoms with Gasteiger partial charge in [-0.25, -0.2) is 0 Å². The molecule has 1 aromatic rings. The van der Waals surface area contributed by atoms with Crippen molar-refractivity contribution in [2.75, 3.05) is 11.9 Å². The van der Waals surface area contributed by atoms with Crippen molar-refractivity contribution >= 4 is 11.6 Å². The zero-order valence-corrected chi connectivity index (χ0v) is 10.2. The Bertz CT molecular complexity index is 423. The van der Waals surface area contributed by atoms with E-state index in [9.17, 15) is 4.79 Å². The summed E-state index contributed by atoms with van der Waals surface area (Å²) in [7, 11) is 0. The van der Waals surface area contributed by atoms with E-state index in [-0.39, 0.29) is 18.5 Å². The summed E-state index contributed by atoms with van der Waals surface area (Å²) < 4.78 is 0. The zero-order chi connectivity index (χ0) is 12.7. The third-order valence-corrected chi connectivity index (χ3v) is 2.51. The molecule has 1 unspecified atom stereocenters. The molecule has 17 heavy (non-hydrogen) atoms. The van der Waals surface area contributed by atoms with Crippen LogP contribution in [-0.4, -0.2) is 18.5 Å². The lowest BCUT2D eigenvalue weighted by molar-refractivity contribution is -0.120. The van der Waals surface area contributed by atoms with Gasteiger partial charge in [-0.2, -0.15) is 5.26 Å². The Morgan fingerprint density at radius 1 is 1.47 bits per heavy atom. The molecule has 0 aliphatic rings. The first-order chi connectivity index (χ1) is 8.17. The lowest BCUT2D eigenvalue weighted by atomic mass is 10.2. The number of rotatable bonds is 5. The van der Waals surface area contributed by atoms with E-state index in [0.717, 1.165) is 6.42 Å². The predicted molar refractivity (Wildman–Crippen MR) is 67.5 cm³/mol. The van der Waals surface area contributed by atoms with Gasteiger partial charge in [-0.05, 0) is 25.5 Å². The first-order valence-corrected chi connectivity index (χ1v) is 5.69. The Hall–Kier alpha value is -2.02. The van der Waals surface area contributed by atoms with Gasteiger partial charge in [0.1, 0.15) is 6.07 Å². The Kier molecular flexibility index (Phi) is 5.02. The van der Waals surface area contributed by atoms with E-state index >= 15 is 0 Å². The molecule has 0 bridgehead atoms. The van der Waals surface area contributed by atoms with Gasteiger partial charge in [0.15, 0.2) is 0 Å². The van der Waals surface area contributed by atoms with Crippen molar-refractivity contribution in [1.29, 1.82) is 5.26 Å². The maximum absolute atomic E-state index is 11.5. The minimum absolute atomic E-state index is 0.0629. The summed E-state index contributed by atoms with van der Waals surface area (Å²) >= 11 is 0. The minimum Gasteiger partial charge on any atom is -0.375 e. The summed E-state index contributed by atoms with van der Waals surface area (Å²) in [5.74, 6) is -0.0629. The third kappa shape index (κ3) is 4.15. The van der Waals surface area contributed by atoms with Crippen molar-refractivity contribution in [3.8, 4) is 6.07 Å². The van der Waals surface area contributed by atoms with E-state index in [0.29, 0.717) is 11.3 Å². The molecule has 0 saturated carbocycles. The number of nitrogens with zero attached hydrogens (tertiary/aromatic N) is 1. The van der Waals surface area contributed by atoms with E-state index in [2.05, 4.69) is 16.7 Å². The van der Waals surface area contributed by atoms with Crippen LogP contribution in [0, 0.1) is 11.3 Å². The first kappa shape index (κ1) is 13.0. The summed E-state index contributed by atoms with van der Waals surface area (Å²) in [4.78, 5) is 11.5. The highest BCUT2D eigenvalue weighted by molar-refractivity contribution is 5.81. The van der Waals surface area contributed by atoms with E-state index in [4.69, 9.17) is 5.26 Å². The van der Waals surface area contributed by atoms with Gasteiger partial charge in [-0.1, -0.05) is 19.1 Å². The largest absolute Gasteiger partial charge is 0.375 e. The molecule has 0 aliphatic carbocycles. The Morgan fingerprint density at radius 3 is 2.82 bits per heavy atom. The zero-order valence-electron chi connectivity index (χ0n) is 10.2. The molecule has 0 saturated heterocycles. The van der Waals surface area contributed by atoms with Crippen LogP contribution in [0.3, 0.4) is 0 Å². The summed E-state index contributed by atoms with van der Waals surface area (Å²) in [5, 5.41) is 14.7. The summed E-state index contributed by atoms with van der Waals surface area (Å²) in [5.41, 5.74) is 1.23. The first-order valence-electron chi connectivity index (χ1n) is 5.69. The predicted octanol–water partition coefficient (Wildman–Crippen LogP) is 1.88. The number of para-hydroxylation sites is 1. The standard InChI is InChI=1S/C13H17N3O/c1-3-10(2)16-13(17)9-15-12-7-5-4-6-11(12)8-14/h4-7,10,15H,3,9H2,1-2H3,(H,16,17). The van der Waals surface area contributed by atoms with Crippen LogP contribution in [0.5, 0.6) is 0 Å². The highest BCUT2D eigenvalue weighted by Crippen LogP contribution is 2.12. The molecule has 1 aromatic carbocycles. The molecule has 0 radical (unpaired) electrons. The quantitative estimate of drug-likeness (QED) is 0.813. The van der Waals surface area contributed by atoms with E-state index in [1.807, 2.05) is 19.9 Å². The van der Waals surface area contributed by atoms with Gasteiger partial charge in [-0.15, -0.1) is 0 Å². The van der Waals surface area contributed by atoms with Crippen LogP contribution in [0.2, 0.25) is 0 Å². The molecule has 0 aliphatic heterocycles. The van der Waals surface area contributed by atoms with Gasteiger partial charge in [0.05, 0.1) is 17.8 Å². The number of nitrogens with one attached hydrogen (secondary N) is 2. The van der Waals surface area contributed by atoms with Crippen LogP contribution in [0.15, 0.2) is 24.3 Å². The maximum atomic E-state index is 11.5. The fourth-order valence-corrected chi connectivity index (χ4v) is 1.34. The molecular weight excluding hydrogens is 214 g/mol. The fraction of sp³-hybridized carbons (Fsp3) is 0.385. The number of carbonyl (C=O) groups is 1. The Morgan fingerprint density at radius 2 is 2.18 bits per heavy atom. The lowest BCUT2D eigenvalue weighted by Gasteiger charge is -2.12. The van der Waals surface area contributed by atoms with Crippen LogP contribution in [0.4, 0.5) is 5.69 Å². The van der Waals surface area contributed by atoms with Gasteiger partial charge >= 0.3 is 0 Å². The highest BCUT2D eigenvalue weighted by Gasteiger charge is 2.06. The Labute approximate surface area is 102 Å². The molecule has 1 rings (SSSR count). The topological polar surface area (TPSA) is 64.9 Å². The normalized spacial score (nSPS) is 11.4. The van der Waals surface area contributed by atoms with Gasteiger partial charge in [0.2, 0.25) is 5.91 Å². The lowest BCUT2D eigenvalue weighted by Crippen LogP contribution is -2.36. The van der Waals surface area contributed by atoms with E-state index in [1.54, 1.807) is 18.2 Å². The minimum atomic E-state index is -0.0629. The van der Waals surface area contributed by atoms with Crippen LogP contribution < -0.4 is 10.6 Å². The maximum Gasteiger partial charge on any atom is 0.239 e. The number of hydrogen-bond donors (Lipinski definition) is 2. The van der Waals surface area contributed by atoms with Gasteiger partial charge in [-0.3, -0.25) is 4.79 Å². The summed E-state index contributed by atoms with van der Waals surface area (Å²) in [6, 6.07) is 9.38. The molecule has 4 nitrogen and oxygen atoms in total. The van der Waals surface area contributed by atoms with Crippen molar-refractivity contribution in [2.24, 2.45) is 0 Å². The van der Waals surface area contributed by atoms with Crippen molar-refractivity contribution in [1.82, 2.24) is 5.32 Å². The molecule has 90 valence electrons. The van der Waals surface area contributed by atoms with E-state index < -0.39 is 0 Å². The van der Waals surface area contributed by atoms with Gasteiger partial charge in [0, 0.05) is 6.04 Å². The van der Waals surface area contributed by atoms with Crippen LogP contribution in [0.25, 0.3) is 0 Å². The average molecular weight is 231 g/mol. The van der Waals surface area contributed by atoms with Crippen molar-refractivity contribution < 1.29 is 4.79 Å². The van der Waals surface area contributed by atoms with Crippen molar-refractivity contribution in [3.63, 3.8) is 0 Å². The Balaban J connectivity index is 2.51. The van der Waals surface area contributed by atoms with Gasteiger partial charge in [0.25, 0.3) is 0 Å². The molecule has 0 spiro atoms. The van der Waals surface area contributed by atoms with E-state index in [1.165, 1.54) is 0 Å². The van der Waals surface area contributed by atoms with Crippen molar-refractivity contribution in [3.05, 3.63) is 29.8 Å². The molecule has 0 fully saturated rings. The SMILES string of the molecule is CCC(C)NC(=O)CNc1ccccc1C#N. The second-order valence-electron chi connectivity index (χ2n) is 3.89. The number of hydrogen-bond acceptors (Lipinski definition) is 3. The summed E-state index contributed by atoms with van der Waals surface area (Å²) in [6.07, 6.45) is 0.903. The third-order valence-electron chi connectivity index (χ3n) is 2.51. The number of benzene rings is 1. The smallest absolute Gasteiger partial charge is 0.239 e. The number of amides is 1. The number of anilines is 1. The molecule has 4 heteroatoms. The average Bonchev–Trinajstić information content (AvgIpc) is 2.36. The monoisotopic (exact) mass is 231 g/mol. The molecule has 0 heterocycles. The summed E-state index contributed by atoms with van der Waals surface area (Å²) in [6.45, 7) is 4.16. The second kappa shape index (κ2) is 6.54. The molecule has 2 N–H and O–H groups in total. The molecule has 1 atom stereocenters.